The third-order valence-electron chi connectivity index (χ3n) is 2.12. The van der Waals surface area contributed by atoms with Crippen molar-refractivity contribution in [3.63, 3.8) is 0 Å². The highest BCUT2D eigenvalue weighted by Crippen LogP contribution is 2.28. The van der Waals surface area contributed by atoms with Gasteiger partial charge >= 0.3 is 0 Å². The van der Waals surface area contributed by atoms with Gasteiger partial charge in [-0.15, -0.1) is 0 Å². The van der Waals surface area contributed by atoms with Gasteiger partial charge in [-0.1, -0.05) is 6.07 Å². The Morgan fingerprint density at radius 3 is 2.12 bits per heavy atom. The summed E-state index contributed by atoms with van der Waals surface area (Å²) in [7, 11) is 3.26. The van der Waals surface area contributed by atoms with E-state index in [1.165, 1.54) is 0 Å². The number of hydrogen-bond donors (Lipinski definition) is 0. The number of methoxy groups -OCH3 is 2. The molecule has 1 aromatic rings. The predicted molar refractivity (Wildman–Crippen MR) is 64.1 cm³/mol. The Morgan fingerprint density at radius 2 is 1.62 bits per heavy atom. The molecule has 0 aliphatic rings. The molecule has 0 aliphatic carbocycles. The fourth-order valence-electron chi connectivity index (χ4n) is 1.27. The van der Waals surface area contributed by atoms with E-state index < -0.39 is 0 Å². The molecule has 3 nitrogen and oxygen atoms in total. The third kappa shape index (κ3) is 3.74. The van der Waals surface area contributed by atoms with Crippen LogP contribution >= 0.6 is 0 Å². The Balaban J connectivity index is 2.75. The maximum Gasteiger partial charge on any atom is 0.161 e. The van der Waals surface area contributed by atoms with Crippen LogP contribution in [0.3, 0.4) is 0 Å². The first kappa shape index (κ1) is 12.8. The van der Waals surface area contributed by atoms with E-state index in [1.807, 2.05) is 39.0 Å². The summed E-state index contributed by atoms with van der Waals surface area (Å²) >= 11 is 0. The zero-order chi connectivity index (χ0) is 12.2. The average Bonchev–Trinajstić information content (AvgIpc) is 2.25. The van der Waals surface area contributed by atoms with Crippen molar-refractivity contribution in [3.8, 4) is 11.5 Å². The fraction of sp³-hybridized carbons (Fsp3) is 0.538. The van der Waals surface area contributed by atoms with Crippen LogP contribution in [0, 0.1) is 0 Å². The van der Waals surface area contributed by atoms with Crippen LogP contribution in [-0.4, -0.2) is 19.8 Å². The molecule has 0 fully saturated rings. The van der Waals surface area contributed by atoms with Gasteiger partial charge in [-0.25, -0.2) is 0 Å². The molecule has 0 heterocycles. The maximum absolute atomic E-state index is 5.69. The predicted octanol–water partition coefficient (Wildman–Crippen LogP) is 3.02. The van der Waals surface area contributed by atoms with E-state index in [4.69, 9.17) is 14.2 Å². The second kappa shape index (κ2) is 5.21. The summed E-state index contributed by atoms with van der Waals surface area (Å²) in [6.07, 6.45) is 0. The van der Waals surface area contributed by atoms with Crippen molar-refractivity contribution in [2.45, 2.75) is 33.0 Å². The van der Waals surface area contributed by atoms with Gasteiger partial charge in [0.25, 0.3) is 0 Å². The van der Waals surface area contributed by atoms with E-state index in [0.29, 0.717) is 6.61 Å². The van der Waals surface area contributed by atoms with Crippen molar-refractivity contribution < 1.29 is 14.2 Å². The van der Waals surface area contributed by atoms with Gasteiger partial charge in [0.15, 0.2) is 11.5 Å². The molecule has 0 spiro atoms. The van der Waals surface area contributed by atoms with E-state index in [-0.39, 0.29) is 5.60 Å². The molecule has 3 heteroatoms. The van der Waals surface area contributed by atoms with E-state index in [9.17, 15) is 0 Å². The molecule has 0 saturated heterocycles. The Labute approximate surface area is 97.3 Å². The summed E-state index contributed by atoms with van der Waals surface area (Å²) in [4.78, 5) is 0. The average molecular weight is 224 g/mol. The topological polar surface area (TPSA) is 27.7 Å². The molecule has 0 atom stereocenters. The summed E-state index contributed by atoms with van der Waals surface area (Å²) in [6.45, 7) is 6.68. The lowest BCUT2D eigenvalue weighted by atomic mass is 10.1. The Morgan fingerprint density at radius 1 is 1.00 bits per heavy atom. The van der Waals surface area contributed by atoms with Crippen LogP contribution < -0.4 is 9.47 Å². The van der Waals surface area contributed by atoms with E-state index in [2.05, 4.69) is 0 Å². The van der Waals surface area contributed by atoms with Gasteiger partial charge in [0.05, 0.1) is 26.4 Å². The molecule has 0 radical (unpaired) electrons. The summed E-state index contributed by atoms with van der Waals surface area (Å²) in [5, 5.41) is 0. The minimum atomic E-state index is -0.132. The standard InChI is InChI=1S/C13H20O3/c1-13(2,3)16-9-10-6-7-11(14-4)12(8-10)15-5/h6-8H,9H2,1-5H3. The van der Waals surface area contributed by atoms with Crippen LogP contribution in [0.1, 0.15) is 26.3 Å². The lowest BCUT2D eigenvalue weighted by Crippen LogP contribution is -2.18. The Hall–Kier alpha value is -1.22. The van der Waals surface area contributed by atoms with Gasteiger partial charge < -0.3 is 14.2 Å². The van der Waals surface area contributed by atoms with Crippen molar-refractivity contribution in [2.24, 2.45) is 0 Å². The highest BCUT2D eigenvalue weighted by molar-refractivity contribution is 5.42. The number of ether oxygens (including phenoxy) is 3. The molecule has 0 aromatic heterocycles. The molecule has 0 unspecified atom stereocenters. The highest BCUT2D eigenvalue weighted by Gasteiger charge is 2.11. The monoisotopic (exact) mass is 224 g/mol. The van der Waals surface area contributed by atoms with Crippen molar-refractivity contribution in [2.75, 3.05) is 14.2 Å². The normalized spacial score (nSPS) is 11.3. The van der Waals surface area contributed by atoms with Gasteiger partial charge in [0, 0.05) is 0 Å². The van der Waals surface area contributed by atoms with Crippen LogP contribution in [0.25, 0.3) is 0 Å². The van der Waals surface area contributed by atoms with E-state index in [1.54, 1.807) is 14.2 Å². The lowest BCUT2D eigenvalue weighted by Gasteiger charge is -2.20. The molecule has 0 saturated carbocycles. The molecular weight excluding hydrogens is 204 g/mol. The van der Waals surface area contributed by atoms with Crippen LogP contribution in [-0.2, 0) is 11.3 Å². The van der Waals surface area contributed by atoms with Crippen molar-refractivity contribution in [1.82, 2.24) is 0 Å². The Kier molecular flexibility index (Phi) is 4.19. The zero-order valence-corrected chi connectivity index (χ0v) is 10.7. The largest absolute Gasteiger partial charge is 0.493 e. The molecule has 16 heavy (non-hydrogen) atoms. The van der Waals surface area contributed by atoms with Gasteiger partial charge in [-0.3, -0.25) is 0 Å². The van der Waals surface area contributed by atoms with Gasteiger partial charge in [-0.2, -0.15) is 0 Å². The molecule has 90 valence electrons. The lowest BCUT2D eigenvalue weighted by molar-refractivity contribution is -0.0150. The maximum atomic E-state index is 5.69. The molecule has 0 N–H and O–H groups in total. The molecule has 0 bridgehead atoms. The van der Waals surface area contributed by atoms with Gasteiger partial charge in [0.1, 0.15) is 0 Å². The van der Waals surface area contributed by atoms with Gasteiger partial charge in [-0.05, 0) is 38.5 Å². The van der Waals surface area contributed by atoms with Gasteiger partial charge in [0.2, 0.25) is 0 Å². The minimum absolute atomic E-state index is 0.132. The summed E-state index contributed by atoms with van der Waals surface area (Å²) in [5.74, 6) is 1.47. The van der Waals surface area contributed by atoms with Crippen LogP contribution in [0.15, 0.2) is 18.2 Å². The molecule has 1 rings (SSSR count). The summed E-state index contributed by atoms with van der Waals surface area (Å²) < 4.78 is 16.1. The smallest absolute Gasteiger partial charge is 0.161 e. The van der Waals surface area contributed by atoms with E-state index >= 15 is 0 Å². The molecular formula is C13H20O3. The Bertz CT molecular complexity index is 340. The highest BCUT2D eigenvalue weighted by atomic mass is 16.5. The molecule has 1 aromatic carbocycles. The summed E-state index contributed by atoms with van der Waals surface area (Å²) in [5.41, 5.74) is 0.945. The quantitative estimate of drug-likeness (QED) is 0.786. The van der Waals surface area contributed by atoms with Crippen LogP contribution in [0.2, 0.25) is 0 Å². The first-order valence-corrected chi connectivity index (χ1v) is 5.31. The fourth-order valence-corrected chi connectivity index (χ4v) is 1.27. The van der Waals surface area contributed by atoms with E-state index in [0.717, 1.165) is 17.1 Å². The van der Waals surface area contributed by atoms with Crippen molar-refractivity contribution in [1.29, 1.82) is 0 Å². The number of hydrogen-bond acceptors (Lipinski definition) is 3. The molecule has 0 amide bonds. The second-order valence-electron chi connectivity index (χ2n) is 4.59. The van der Waals surface area contributed by atoms with Crippen molar-refractivity contribution >= 4 is 0 Å². The van der Waals surface area contributed by atoms with Crippen LogP contribution in [0.5, 0.6) is 11.5 Å². The zero-order valence-electron chi connectivity index (χ0n) is 10.7. The molecule has 0 aliphatic heterocycles. The number of benzene rings is 1. The van der Waals surface area contributed by atoms with Crippen LogP contribution in [0.4, 0.5) is 0 Å². The third-order valence-corrected chi connectivity index (χ3v) is 2.12. The first-order chi connectivity index (χ1) is 7.46. The SMILES string of the molecule is COc1ccc(COC(C)(C)C)cc1OC. The number of rotatable bonds is 4. The minimum Gasteiger partial charge on any atom is -0.493 e. The first-order valence-electron chi connectivity index (χ1n) is 5.31. The summed E-state index contributed by atoms with van der Waals surface area (Å²) in [6, 6.07) is 5.80. The van der Waals surface area contributed by atoms with Crippen molar-refractivity contribution in [3.05, 3.63) is 23.8 Å². The second-order valence-corrected chi connectivity index (χ2v) is 4.59.